The second-order valence-electron chi connectivity index (χ2n) is 6.32. The van der Waals surface area contributed by atoms with Gasteiger partial charge in [-0.15, -0.1) is 0 Å². The van der Waals surface area contributed by atoms with Crippen molar-refractivity contribution in [1.82, 2.24) is 14.7 Å². The molecule has 0 aromatic rings. The van der Waals surface area contributed by atoms with Gasteiger partial charge in [0.05, 0.1) is 12.5 Å². The number of piperazine rings is 1. The number of nitrogens with zero attached hydrogens (tertiary/aromatic N) is 3. The van der Waals surface area contributed by atoms with E-state index in [1.165, 1.54) is 4.90 Å². The minimum Gasteiger partial charge on any atom is -0.339 e. The van der Waals surface area contributed by atoms with Crippen molar-refractivity contribution in [2.75, 3.05) is 46.3 Å². The Morgan fingerprint density at radius 3 is 2.18 bits per heavy atom. The first kappa shape index (κ1) is 17.5. The van der Waals surface area contributed by atoms with Crippen LogP contribution in [-0.4, -0.2) is 85.2 Å². The molecular formula is C14H25F3N4O. The molecule has 2 N–H and O–H groups in total. The SMILES string of the molecule is CN1CCC(N2CCN(C(=O)[C@H](N)CC(F)(F)F)CC2)CC1. The van der Waals surface area contributed by atoms with E-state index in [4.69, 9.17) is 5.73 Å². The number of hydrogen-bond donors (Lipinski definition) is 1. The van der Waals surface area contributed by atoms with E-state index < -0.39 is 24.5 Å². The van der Waals surface area contributed by atoms with Crippen molar-refractivity contribution in [3.63, 3.8) is 0 Å². The molecule has 5 nitrogen and oxygen atoms in total. The molecule has 1 amide bonds. The molecule has 128 valence electrons. The summed E-state index contributed by atoms with van der Waals surface area (Å²) in [7, 11) is 2.11. The topological polar surface area (TPSA) is 52.8 Å². The Balaban J connectivity index is 1.78. The molecule has 0 unspecified atom stereocenters. The van der Waals surface area contributed by atoms with E-state index >= 15 is 0 Å². The number of rotatable bonds is 3. The number of nitrogens with two attached hydrogens (primary N) is 1. The molecule has 0 aromatic carbocycles. The summed E-state index contributed by atoms with van der Waals surface area (Å²) in [6.45, 7) is 4.52. The summed E-state index contributed by atoms with van der Waals surface area (Å²) in [6.07, 6.45) is -3.43. The highest BCUT2D eigenvalue weighted by molar-refractivity contribution is 5.81. The highest BCUT2D eigenvalue weighted by Crippen LogP contribution is 2.22. The summed E-state index contributed by atoms with van der Waals surface area (Å²) in [5.41, 5.74) is 5.40. The molecule has 0 aliphatic carbocycles. The number of piperidine rings is 1. The molecule has 0 radical (unpaired) electrons. The van der Waals surface area contributed by atoms with Crippen molar-refractivity contribution in [2.24, 2.45) is 5.73 Å². The van der Waals surface area contributed by atoms with Crippen LogP contribution in [0.5, 0.6) is 0 Å². The van der Waals surface area contributed by atoms with E-state index in [0.29, 0.717) is 19.1 Å². The molecule has 0 bridgehead atoms. The average molecular weight is 322 g/mol. The van der Waals surface area contributed by atoms with Crippen LogP contribution in [0.3, 0.4) is 0 Å². The number of halogens is 3. The zero-order chi connectivity index (χ0) is 16.3. The van der Waals surface area contributed by atoms with Gasteiger partial charge in [-0.1, -0.05) is 0 Å². The lowest BCUT2D eigenvalue weighted by Gasteiger charge is -2.42. The summed E-state index contributed by atoms with van der Waals surface area (Å²) in [5, 5.41) is 0. The van der Waals surface area contributed by atoms with E-state index in [1.807, 2.05) is 0 Å². The van der Waals surface area contributed by atoms with Crippen LogP contribution in [0, 0.1) is 0 Å². The lowest BCUT2D eigenvalue weighted by Crippen LogP contribution is -2.56. The van der Waals surface area contributed by atoms with E-state index in [1.54, 1.807) is 0 Å². The third kappa shape index (κ3) is 4.82. The highest BCUT2D eigenvalue weighted by Gasteiger charge is 2.36. The number of alkyl halides is 3. The van der Waals surface area contributed by atoms with Crippen LogP contribution in [0.15, 0.2) is 0 Å². The minimum absolute atomic E-state index is 0.469. The van der Waals surface area contributed by atoms with Crippen LogP contribution in [0.1, 0.15) is 19.3 Å². The van der Waals surface area contributed by atoms with Gasteiger partial charge in [-0.05, 0) is 33.0 Å². The third-order valence-electron chi connectivity index (χ3n) is 4.60. The monoisotopic (exact) mass is 322 g/mol. The second-order valence-corrected chi connectivity index (χ2v) is 6.32. The van der Waals surface area contributed by atoms with Gasteiger partial charge in [-0.2, -0.15) is 13.2 Å². The fourth-order valence-corrected chi connectivity index (χ4v) is 3.24. The summed E-state index contributed by atoms with van der Waals surface area (Å²) >= 11 is 0. The van der Waals surface area contributed by atoms with Gasteiger partial charge in [-0.3, -0.25) is 9.69 Å². The molecule has 2 saturated heterocycles. The number of likely N-dealkylation sites (tertiary alicyclic amines) is 1. The van der Waals surface area contributed by atoms with Gasteiger partial charge in [-0.25, -0.2) is 0 Å². The Morgan fingerprint density at radius 2 is 1.68 bits per heavy atom. The quantitative estimate of drug-likeness (QED) is 0.822. The lowest BCUT2D eigenvalue weighted by molar-refractivity contribution is -0.153. The van der Waals surface area contributed by atoms with Gasteiger partial charge in [0.1, 0.15) is 0 Å². The van der Waals surface area contributed by atoms with Gasteiger partial charge in [0.25, 0.3) is 0 Å². The van der Waals surface area contributed by atoms with Gasteiger partial charge < -0.3 is 15.5 Å². The summed E-state index contributed by atoms with van der Waals surface area (Å²) in [5.74, 6) is -0.583. The number of carbonyl (C=O) groups excluding carboxylic acids is 1. The first-order valence-corrected chi connectivity index (χ1v) is 7.80. The van der Waals surface area contributed by atoms with Crippen molar-refractivity contribution in [1.29, 1.82) is 0 Å². The molecule has 2 heterocycles. The van der Waals surface area contributed by atoms with Crippen LogP contribution in [0.2, 0.25) is 0 Å². The molecular weight excluding hydrogens is 297 g/mol. The van der Waals surface area contributed by atoms with Gasteiger partial charge in [0.15, 0.2) is 0 Å². The van der Waals surface area contributed by atoms with Crippen LogP contribution in [-0.2, 0) is 4.79 Å². The van der Waals surface area contributed by atoms with Crippen LogP contribution in [0.25, 0.3) is 0 Å². The lowest BCUT2D eigenvalue weighted by atomic mass is 10.0. The van der Waals surface area contributed by atoms with Gasteiger partial charge in [0.2, 0.25) is 5.91 Å². The van der Waals surface area contributed by atoms with Crippen molar-refractivity contribution < 1.29 is 18.0 Å². The van der Waals surface area contributed by atoms with Crippen LogP contribution >= 0.6 is 0 Å². The number of hydrogen-bond acceptors (Lipinski definition) is 4. The Hall–Kier alpha value is -0.860. The average Bonchev–Trinajstić information content (AvgIpc) is 2.46. The van der Waals surface area contributed by atoms with E-state index in [2.05, 4.69) is 16.8 Å². The van der Waals surface area contributed by atoms with Crippen molar-refractivity contribution in [3.05, 3.63) is 0 Å². The molecule has 8 heteroatoms. The number of carbonyl (C=O) groups is 1. The first-order valence-electron chi connectivity index (χ1n) is 7.80. The normalized spacial score (nSPS) is 24.5. The molecule has 0 spiro atoms. The van der Waals surface area contributed by atoms with Crippen molar-refractivity contribution >= 4 is 5.91 Å². The van der Waals surface area contributed by atoms with Gasteiger partial charge >= 0.3 is 6.18 Å². The largest absolute Gasteiger partial charge is 0.391 e. The maximum Gasteiger partial charge on any atom is 0.391 e. The molecule has 0 aromatic heterocycles. The predicted octanol–water partition coefficient (Wildman–Crippen LogP) is 0.505. The van der Waals surface area contributed by atoms with E-state index in [0.717, 1.165) is 39.0 Å². The zero-order valence-electron chi connectivity index (χ0n) is 13.0. The smallest absolute Gasteiger partial charge is 0.339 e. The Morgan fingerprint density at radius 1 is 1.14 bits per heavy atom. The fraction of sp³-hybridized carbons (Fsp3) is 0.929. The first-order chi connectivity index (χ1) is 10.3. The Kier molecular flexibility index (Phi) is 5.68. The summed E-state index contributed by atoms with van der Waals surface area (Å²) < 4.78 is 36.9. The molecule has 2 fully saturated rings. The summed E-state index contributed by atoms with van der Waals surface area (Å²) in [4.78, 5) is 18.1. The maximum absolute atomic E-state index is 12.3. The number of amides is 1. The second kappa shape index (κ2) is 7.14. The summed E-state index contributed by atoms with van der Waals surface area (Å²) in [6, 6.07) is -0.952. The minimum atomic E-state index is -4.40. The molecule has 22 heavy (non-hydrogen) atoms. The molecule has 1 atom stereocenters. The van der Waals surface area contributed by atoms with E-state index in [-0.39, 0.29) is 0 Å². The van der Waals surface area contributed by atoms with Crippen LogP contribution < -0.4 is 5.73 Å². The molecule has 0 saturated carbocycles. The van der Waals surface area contributed by atoms with Crippen molar-refractivity contribution in [3.8, 4) is 0 Å². The molecule has 2 aliphatic rings. The Bertz CT molecular complexity index is 375. The third-order valence-corrected chi connectivity index (χ3v) is 4.60. The van der Waals surface area contributed by atoms with Crippen LogP contribution in [0.4, 0.5) is 13.2 Å². The maximum atomic E-state index is 12.3. The Labute approximate surface area is 129 Å². The van der Waals surface area contributed by atoms with Gasteiger partial charge in [0, 0.05) is 32.2 Å². The molecule has 2 rings (SSSR count). The highest BCUT2D eigenvalue weighted by atomic mass is 19.4. The van der Waals surface area contributed by atoms with E-state index in [9.17, 15) is 18.0 Å². The zero-order valence-corrected chi connectivity index (χ0v) is 13.0. The fourth-order valence-electron chi connectivity index (χ4n) is 3.24. The predicted molar refractivity (Wildman–Crippen MR) is 77.3 cm³/mol. The van der Waals surface area contributed by atoms with Crippen molar-refractivity contribution in [2.45, 2.75) is 37.5 Å². The standard InChI is InChI=1S/C14H25F3N4O/c1-19-4-2-11(3-5-19)20-6-8-21(9-7-20)13(22)12(18)10-14(15,16)17/h11-12H,2-10,18H2,1H3/t12-/m1/s1. The molecule has 2 aliphatic heterocycles.